The molecular weight excluding hydrogens is 241 g/mol. The van der Waals surface area contributed by atoms with Crippen LogP contribution in [-0.4, -0.2) is 11.4 Å². The van der Waals surface area contributed by atoms with Gasteiger partial charge in [0, 0.05) is 3.57 Å². The summed E-state index contributed by atoms with van der Waals surface area (Å²) in [6, 6.07) is 7.70. The maximum absolute atomic E-state index is 8.18. The molecule has 1 aromatic rings. The highest BCUT2D eigenvalue weighted by Gasteiger charge is 1.87. The topological polar surface area (TPSA) is 32.6 Å². The average Bonchev–Trinajstić information content (AvgIpc) is 1.88. The van der Waals surface area contributed by atoms with Crippen LogP contribution in [0, 0.1) is 3.57 Å². The van der Waals surface area contributed by atoms with Gasteiger partial charge in [-0.15, -0.1) is 0 Å². The Bertz CT molecular complexity index is 247. The number of nitrogens with zero attached hydrogens (tertiary/aromatic N) is 1. The minimum atomic E-state index is 0.911. The first-order valence-corrected chi connectivity index (χ1v) is 3.84. The molecular formula is C7H6INO. The van der Waals surface area contributed by atoms with E-state index in [-0.39, 0.29) is 0 Å². The van der Waals surface area contributed by atoms with Crippen molar-refractivity contribution in [2.45, 2.75) is 0 Å². The SMILES string of the molecule is O/N=C\c1cccc(I)c1. The molecule has 1 rings (SSSR count). The third-order valence-corrected chi connectivity index (χ3v) is 1.73. The lowest BCUT2D eigenvalue weighted by Gasteiger charge is -1.90. The first kappa shape index (κ1) is 7.53. The van der Waals surface area contributed by atoms with E-state index in [2.05, 4.69) is 27.7 Å². The first-order valence-electron chi connectivity index (χ1n) is 2.76. The van der Waals surface area contributed by atoms with E-state index in [0.29, 0.717) is 0 Å². The van der Waals surface area contributed by atoms with Gasteiger partial charge in [-0.2, -0.15) is 0 Å². The van der Waals surface area contributed by atoms with Crippen molar-refractivity contribution in [1.29, 1.82) is 0 Å². The minimum Gasteiger partial charge on any atom is -0.411 e. The van der Waals surface area contributed by atoms with Crippen LogP contribution in [0.4, 0.5) is 0 Å². The number of hydrogen-bond donors (Lipinski definition) is 1. The molecule has 0 spiro atoms. The Morgan fingerprint density at radius 1 is 1.50 bits per heavy atom. The Kier molecular flexibility index (Phi) is 2.68. The van der Waals surface area contributed by atoms with Gasteiger partial charge >= 0.3 is 0 Å². The van der Waals surface area contributed by atoms with Crippen molar-refractivity contribution in [2.24, 2.45) is 5.16 Å². The summed E-state index contributed by atoms with van der Waals surface area (Å²) in [7, 11) is 0. The van der Waals surface area contributed by atoms with E-state index in [9.17, 15) is 0 Å². The molecule has 2 nitrogen and oxygen atoms in total. The highest BCUT2D eigenvalue weighted by Crippen LogP contribution is 2.05. The van der Waals surface area contributed by atoms with Gasteiger partial charge in [-0.25, -0.2) is 0 Å². The molecule has 0 bridgehead atoms. The Labute approximate surface area is 72.7 Å². The van der Waals surface area contributed by atoms with Crippen LogP contribution in [-0.2, 0) is 0 Å². The fraction of sp³-hybridized carbons (Fsp3) is 0. The summed E-state index contributed by atoms with van der Waals surface area (Å²) in [4.78, 5) is 0. The fourth-order valence-corrected chi connectivity index (χ4v) is 1.22. The molecule has 1 N–H and O–H groups in total. The van der Waals surface area contributed by atoms with E-state index < -0.39 is 0 Å². The third kappa shape index (κ3) is 1.98. The van der Waals surface area contributed by atoms with Gasteiger partial charge in [-0.3, -0.25) is 0 Å². The van der Waals surface area contributed by atoms with Crippen LogP contribution in [0.1, 0.15) is 5.56 Å². The summed E-state index contributed by atoms with van der Waals surface area (Å²) in [5, 5.41) is 11.1. The lowest BCUT2D eigenvalue weighted by molar-refractivity contribution is 0.322. The van der Waals surface area contributed by atoms with Crippen molar-refractivity contribution in [2.75, 3.05) is 0 Å². The molecule has 0 saturated carbocycles. The maximum Gasteiger partial charge on any atom is 0.0734 e. The summed E-state index contributed by atoms with van der Waals surface area (Å²) in [6.45, 7) is 0. The quantitative estimate of drug-likeness (QED) is 0.350. The van der Waals surface area contributed by atoms with Gasteiger partial charge < -0.3 is 5.21 Å². The molecule has 10 heavy (non-hydrogen) atoms. The summed E-state index contributed by atoms with van der Waals surface area (Å²) in [5.41, 5.74) is 0.911. The van der Waals surface area contributed by atoms with Crippen LogP contribution in [0.3, 0.4) is 0 Å². The molecule has 52 valence electrons. The fourth-order valence-electron chi connectivity index (χ4n) is 0.654. The zero-order chi connectivity index (χ0) is 7.40. The lowest BCUT2D eigenvalue weighted by atomic mass is 10.2. The number of oxime groups is 1. The zero-order valence-corrected chi connectivity index (χ0v) is 7.32. The van der Waals surface area contributed by atoms with Gasteiger partial charge in [0.2, 0.25) is 0 Å². The molecule has 0 fully saturated rings. The Morgan fingerprint density at radius 2 is 2.30 bits per heavy atom. The summed E-state index contributed by atoms with van der Waals surface area (Å²) in [6.07, 6.45) is 1.40. The highest BCUT2D eigenvalue weighted by molar-refractivity contribution is 14.1. The van der Waals surface area contributed by atoms with Crippen LogP contribution in [0.2, 0.25) is 0 Å². The molecule has 3 heteroatoms. The van der Waals surface area contributed by atoms with E-state index >= 15 is 0 Å². The highest BCUT2D eigenvalue weighted by atomic mass is 127. The predicted octanol–water partition coefficient (Wildman–Crippen LogP) is 2.10. The van der Waals surface area contributed by atoms with Gasteiger partial charge in [0.15, 0.2) is 0 Å². The van der Waals surface area contributed by atoms with Crippen molar-refractivity contribution >= 4 is 28.8 Å². The van der Waals surface area contributed by atoms with E-state index in [0.717, 1.165) is 9.13 Å². The molecule has 0 saturated heterocycles. The smallest absolute Gasteiger partial charge is 0.0734 e. The standard InChI is InChI=1S/C7H6INO/c8-7-3-1-2-6(4-7)5-9-10/h1-5,10H/b9-5-. The number of halogens is 1. The van der Waals surface area contributed by atoms with E-state index in [1.165, 1.54) is 6.21 Å². The largest absolute Gasteiger partial charge is 0.411 e. The van der Waals surface area contributed by atoms with Crippen molar-refractivity contribution in [3.05, 3.63) is 33.4 Å². The molecule has 0 atom stereocenters. The second kappa shape index (κ2) is 3.55. The summed E-state index contributed by atoms with van der Waals surface area (Å²) in [5.74, 6) is 0. The van der Waals surface area contributed by atoms with Crippen LogP contribution in [0.15, 0.2) is 29.4 Å². The van der Waals surface area contributed by atoms with Gasteiger partial charge in [0.1, 0.15) is 0 Å². The lowest BCUT2D eigenvalue weighted by Crippen LogP contribution is -1.80. The molecule has 0 radical (unpaired) electrons. The Hall–Kier alpha value is -0.580. The predicted molar refractivity (Wildman–Crippen MR) is 48.5 cm³/mol. The second-order valence-electron chi connectivity index (χ2n) is 1.80. The van der Waals surface area contributed by atoms with E-state index in [1.807, 2.05) is 24.3 Å². The van der Waals surface area contributed by atoms with Crippen molar-refractivity contribution < 1.29 is 5.21 Å². The van der Waals surface area contributed by atoms with Gasteiger partial charge in [-0.05, 0) is 40.3 Å². The molecule has 1 aromatic carbocycles. The number of benzene rings is 1. The summed E-state index contributed by atoms with van der Waals surface area (Å²) < 4.78 is 1.13. The van der Waals surface area contributed by atoms with Crippen molar-refractivity contribution in [3.8, 4) is 0 Å². The number of rotatable bonds is 1. The molecule has 0 aliphatic carbocycles. The molecule has 0 amide bonds. The number of hydrogen-bond acceptors (Lipinski definition) is 2. The van der Waals surface area contributed by atoms with Crippen LogP contribution in [0.5, 0.6) is 0 Å². The minimum absolute atomic E-state index is 0.911. The van der Waals surface area contributed by atoms with E-state index in [1.54, 1.807) is 0 Å². The Morgan fingerprint density at radius 3 is 2.90 bits per heavy atom. The van der Waals surface area contributed by atoms with E-state index in [4.69, 9.17) is 5.21 Å². The first-order chi connectivity index (χ1) is 4.83. The Balaban J connectivity index is 2.95. The molecule has 0 heterocycles. The molecule has 0 aliphatic rings. The van der Waals surface area contributed by atoms with Gasteiger partial charge in [0.25, 0.3) is 0 Å². The third-order valence-electron chi connectivity index (χ3n) is 1.06. The van der Waals surface area contributed by atoms with Crippen LogP contribution < -0.4 is 0 Å². The zero-order valence-electron chi connectivity index (χ0n) is 5.16. The molecule has 0 aromatic heterocycles. The molecule has 0 aliphatic heterocycles. The summed E-state index contributed by atoms with van der Waals surface area (Å²) >= 11 is 2.20. The van der Waals surface area contributed by atoms with Crippen molar-refractivity contribution in [3.63, 3.8) is 0 Å². The van der Waals surface area contributed by atoms with Gasteiger partial charge in [-0.1, -0.05) is 17.3 Å². The second-order valence-corrected chi connectivity index (χ2v) is 3.05. The van der Waals surface area contributed by atoms with Crippen LogP contribution >= 0.6 is 22.6 Å². The van der Waals surface area contributed by atoms with Crippen LogP contribution in [0.25, 0.3) is 0 Å². The average molecular weight is 247 g/mol. The van der Waals surface area contributed by atoms with Crippen molar-refractivity contribution in [1.82, 2.24) is 0 Å². The molecule has 0 unspecified atom stereocenters. The normalized spacial score (nSPS) is 10.5. The monoisotopic (exact) mass is 247 g/mol. The maximum atomic E-state index is 8.18. The van der Waals surface area contributed by atoms with Gasteiger partial charge in [0.05, 0.1) is 6.21 Å².